The zero-order chi connectivity index (χ0) is 13.0. The van der Waals surface area contributed by atoms with Gasteiger partial charge in [-0.05, 0) is 25.1 Å². The van der Waals surface area contributed by atoms with E-state index in [1.54, 1.807) is 6.07 Å². The number of halogens is 2. The first-order valence-electron chi connectivity index (χ1n) is 6.57. The highest BCUT2D eigenvalue weighted by molar-refractivity contribution is 6.17. The van der Waals surface area contributed by atoms with E-state index in [4.69, 9.17) is 11.6 Å². The molecular formula is C14H20ClFN2. The molecule has 2 nitrogen and oxygen atoms in total. The van der Waals surface area contributed by atoms with Crippen LogP contribution in [0.4, 0.5) is 10.1 Å². The van der Waals surface area contributed by atoms with Crippen LogP contribution in [0.5, 0.6) is 0 Å². The summed E-state index contributed by atoms with van der Waals surface area (Å²) in [5.74, 6) is 0.0375. The van der Waals surface area contributed by atoms with Crippen molar-refractivity contribution in [3.8, 4) is 0 Å². The van der Waals surface area contributed by atoms with Gasteiger partial charge in [0.25, 0.3) is 0 Å². The lowest BCUT2D eigenvalue weighted by atomic mass is 10.1. The average Bonchev–Trinajstić information content (AvgIpc) is 2.40. The van der Waals surface area contributed by atoms with Crippen LogP contribution < -0.4 is 4.90 Å². The van der Waals surface area contributed by atoms with Gasteiger partial charge in [-0.1, -0.05) is 13.0 Å². The quantitative estimate of drug-likeness (QED) is 0.776. The van der Waals surface area contributed by atoms with Crippen LogP contribution in [-0.4, -0.2) is 37.6 Å². The summed E-state index contributed by atoms with van der Waals surface area (Å²) in [6.07, 6.45) is 1.19. The van der Waals surface area contributed by atoms with E-state index in [1.807, 2.05) is 6.07 Å². The second-order valence-electron chi connectivity index (χ2n) is 4.70. The topological polar surface area (TPSA) is 6.48 Å². The van der Waals surface area contributed by atoms with Crippen molar-refractivity contribution in [2.75, 3.05) is 37.6 Å². The first-order valence-corrected chi connectivity index (χ1v) is 7.10. The lowest BCUT2D eigenvalue weighted by Gasteiger charge is -2.36. The Morgan fingerprint density at radius 1 is 1.22 bits per heavy atom. The third-order valence-corrected chi connectivity index (χ3v) is 3.75. The predicted octanol–water partition coefficient (Wildman–Crippen LogP) is 3.10. The van der Waals surface area contributed by atoms with Crippen LogP contribution in [0.25, 0.3) is 0 Å². The third-order valence-electron chi connectivity index (χ3n) is 3.48. The molecule has 1 heterocycles. The van der Waals surface area contributed by atoms with Crippen LogP contribution in [0, 0.1) is 5.82 Å². The monoisotopic (exact) mass is 270 g/mol. The molecule has 0 radical (unpaired) electrons. The summed E-state index contributed by atoms with van der Waals surface area (Å²) in [6.45, 7) is 7.35. The minimum atomic E-state index is -0.196. The molecule has 1 aliphatic rings. The minimum Gasteiger partial charge on any atom is -0.369 e. The summed E-state index contributed by atoms with van der Waals surface area (Å²) >= 11 is 5.86. The van der Waals surface area contributed by atoms with Crippen LogP contribution in [-0.2, 0) is 5.88 Å². The van der Waals surface area contributed by atoms with Crippen molar-refractivity contribution in [1.82, 2.24) is 4.90 Å². The number of piperazine rings is 1. The van der Waals surface area contributed by atoms with Crippen molar-refractivity contribution in [1.29, 1.82) is 0 Å². The Morgan fingerprint density at radius 2 is 1.94 bits per heavy atom. The molecule has 0 aromatic heterocycles. The summed E-state index contributed by atoms with van der Waals surface area (Å²) in [4.78, 5) is 4.70. The molecule has 0 saturated carbocycles. The second kappa shape index (κ2) is 6.39. The van der Waals surface area contributed by atoms with E-state index in [0.717, 1.165) is 38.4 Å². The number of anilines is 1. The highest BCUT2D eigenvalue weighted by Gasteiger charge is 2.19. The highest BCUT2D eigenvalue weighted by Crippen LogP contribution is 2.25. The summed E-state index contributed by atoms with van der Waals surface area (Å²) < 4.78 is 13.7. The lowest BCUT2D eigenvalue weighted by molar-refractivity contribution is 0.258. The smallest absolute Gasteiger partial charge is 0.129 e. The van der Waals surface area contributed by atoms with Gasteiger partial charge in [-0.15, -0.1) is 11.6 Å². The predicted molar refractivity (Wildman–Crippen MR) is 74.9 cm³/mol. The number of rotatable bonds is 4. The maximum Gasteiger partial charge on any atom is 0.129 e. The first kappa shape index (κ1) is 13.6. The van der Waals surface area contributed by atoms with Gasteiger partial charge >= 0.3 is 0 Å². The van der Waals surface area contributed by atoms with Crippen molar-refractivity contribution in [3.05, 3.63) is 29.6 Å². The maximum atomic E-state index is 13.7. The Morgan fingerprint density at radius 3 is 2.56 bits per heavy atom. The van der Waals surface area contributed by atoms with Gasteiger partial charge in [0.15, 0.2) is 0 Å². The Labute approximate surface area is 113 Å². The molecule has 2 rings (SSSR count). The molecule has 0 unspecified atom stereocenters. The average molecular weight is 271 g/mol. The number of benzene rings is 1. The van der Waals surface area contributed by atoms with Crippen LogP contribution in [0.15, 0.2) is 18.2 Å². The van der Waals surface area contributed by atoms with Gasteiger partial charge < -0.3 is 4.90 Å². The van der Waals surface area contributed by atoms with Gasteiger partial charge in [-0.2, -0.15) is 0 Å². The van der Waals surface area contributed by atoms with E-state index >= 15 is 0 Å². The SMILES string of the molecule is CCCN1CCN(c2cccc(F)c2CCl)CC1. The normalized spacial score (nSPS) is 17.2. The summed E-state index contributed by atoms with van der Waals surface area (Å²) in [5, 5.41) is 0. The van der Waals surface area contributed by atoms with Gasteiger partial charge in [0.2, 0.25) is 0 Å². The molecule has 1 aliphatic heterocycles. The summed E-state index contributed by atoms with van der Waals surface area (Å²) in [5.41, 5.74) is 1.59. The number of hydrogen-bond acceptors (Lipinski definition) is 2. The molecule has 1 saturated heterocycles. The van der Waals surface area contributed by atoms with Crippen molar-refractivity contribution in [2.24, 2.45) is 0 Å². The molecule has 1 aromatic rings. The van der Waals surface area contributed by atoms with Gasteiger partial charge in [0, 0.05) is 37.4 Å². The number of alkyl halides is 1. The largest absolute Gasteiger partial charge is 0.369 e. The van der Waals surface area contributed by atoms with E-state index in [0.29, 0.717) is 5.56 Å². The molecule has 0 N–H and O–H groups in total. The minimum absolute atomic E-state index is 0.196. The number of nitrogens with zero attached hydrogens (tertiary/aromatic N) is 2. The van der Waals surface area contributed by atoms with E-state index in [-0.39, 0.29) is 11.7 Å². The Bertz CT molecular complexity index is 389. The fourth-order valence-corrected chi connectivity index (χ4v) is 2.77. The Kier molecular flexibility index (Phi) is 4.84. The van der Waals surface area contributed by atoms with Crippen LogP contribution in [0.2, 0.25) is 0 Å². The van der Waals surface area contributed by atoms with Gasteiger partial charge in [-0.3, -0.25) is 4.90 Å². The van der Waals surface area contributed by atoms with Crippen molar-refractivity contribution in [2.45, 2.75) is 19.2 Å². The molecule has 0 amide bonds. The third kappa shape index (κ3) is 2.96. The molecule has 0 atom stereocenters. The van der Waals surface area contributed by atoms with Crippen LogP contribution >= 0.6 is 11.6 Å². The van der Waals surface area contributed by atoms with E-state index in [9.17, 15) is 4.39 Å². The van der Waals surface area contributed by atoms with Crippen molar-refractivity contribution in [3.63, 3.8) is 0 Å². The van der Waals surface area contributed by atoms with Crippen molar-refractivity contribution < 1.29 is 4.39 Å². The van der Waals surface area contributed by atoms with Crippen LogP contribution in [0.3, 0.4) is 0 Å². The molecule has 0 spiro atoms. The number of hydrogen-bond donors (Lipinski definition) is 0. The Balaban J connectivity index is 2.07. The molecule has 0 bridgehead atoms. The maximum absolute atomic E-state index is 13.7. The second-order valence-corrected chi connectivity index (χ2v) is 4.97. The summed E-state index contributed by atoms with van der Waals surface area (Å²) in [7, 11) is 0. The van der Waals surface area contributed by atoms with E-state index in [1.165, 1.54) is 12.5 Å². The van der Waals surface area contributed by atoms with Crippen molar-refractivity contribution >= 4 is 17.3 Å². The molecule has 1 fully saturated rings. The zero-order valence-electron chi connectivity index (χ0n) is 10.8. The molecular weight excluding hydrogens is 251 g/mol. The molecule has 100 valence electrons. The van der Waals surface area contributed by atoms with Gasteiger partial charge in [0.05, 0.1) is 5.88 Å². The van der Waals surface area contributed by atoms with Gasteiger partial charge in [0.1, 0.15) is 5.82 Å². The molecule has 4 heteroatoms. The fraction of sp³-hybridized carbons (Fsp3) is 0.571. The molecule has 18 heavy (non-hydrogen) atoms. The van der Waals surface area contributed by atoms with Gasteiger partial charge in [-0.25, -0.2) is 4.39 Å². The highest BCUT2D eigenvalue weighted by atomic mass is 35.5. The lowest BCUT2D eigenvalue weighted by Crippen LogP contribution is -2.46. The molecule has 0 aliphatic carbocycles. The first-order chi connectivity index (χ1) is 8.76. The van der Waals surface area contributed by atoms with Crippen LogP contribution in [0.1, 0.15) is 18.9 Å². The zero-order valence-corrected chi connectivity index (χ0v) is 11.6. The summed E-state index contributed by atoms with van der Waals surface area (Å²) in [6, 6.07) is 5.21. The van der Waals surface area contributed by atoms with E-state index in [2.05, 4.69) is 16.7 Å². The fourth-order valence-electron chi connectivity index (χ4n) is 2.50. The van der Waals surface area contributed by atoms with E-state index < -0.39 is 0 Å². The Hall–Kier alpha value is -0.800. The standard InChI is InChI=1S/C14H20ClFN2/c1-2-6-17-7-9-18(10-8-17)14-5-3-4-13(16)12(14)11-15/h3-5H,2,6-11H2,1H3. The molecule has 1 aromatic carbocycles.